The van der Waals surface area contributed by atoms with Crippen molar-refractivity contribution in [3.05, 3.63) is 150 Å². The van der Waals surface area contributed by atoms with Crippen LogP contribution in [-0.2, 0) is 0 Å². The lowest BCUT2D eigenvalue weighted by molar-refractivity contribution is -0.269. The molecule has 196 valence electrons. The van der Waals surface area contributed by atoms with E-state index < -0.39 is 7.26 Å². The van der Waals surface area contributed by atoms with Gasteiger partial charge in [-0.3, -0.25) is 0 Å². The fourth-order valence-electron chi connectivity index (χ4n) is 5.75. The van der Waals surface area contributed by atoms with Crippen LogP contribution in [0.1, 0.15) is 43.6 Å². The molecule has 0 aliphatic heterocycles. The van der Waals surface area contributed by atoms with Gasteiger partial charge in [0.05, 0.1) is 0 Å². The zero-order chi connectivity index (χ0) is 26.9. The number of benzene rings is 5. The average molecular weight is 549 g/mol. The fourth-order valence-corrected chi connectivity index (χ4v) is 10.2. The molecule has 0 radical (unpaired) electrons. The fraction of sp³-hybridized carbons (Fsp3) is 0.167. The van der Waals surface area contributed by atoms with E-state index in [0.717, 1.165) is 18.4 Å². The normalized spacial score (nSPS) is 13.8. The number of hydrogen-bond acceptors (Lipinski definition) is 1. The highest BCUT2D eigenvalue weighted by Crippen LogP contribution is 2.54. The van der Waals surface area contributed by atoms with Crippen molar-refractivity contribution in [3.8, 4) is 5.75 Å². The molecule has 0 amide bonds. The van der Waals surface area contributed by atoms with Crippen molar-refractivity contribution in [2.45, 2.75) is 38.0 Å². The summed E-state index contributed by atoms with van der Waals surface area (Å²) in [4.78, 5) is 0. The first-order chi connectivity index (χ1) is 19.2. The molecular formula is C36H34ClOP. The van der Waals surface area contributed by atoms with Gasteiger partial charge in [0.25, 0.3) is 0 Å². The predicted molar refractivity (Wildman–Crippen MR) is 168 cm³/mol. The molecule has 1 aliphatic rings. The van der Waals surface area contributed by atoms with E-state index in [1.54, 1.807) is 12.1 Å². The molecule has 0 unspecified atom stereocenters. The maximum atomic E-state index is 11.6. The summed E-state index contributed by atoms with van der Waals surface area (Å²) in [5.74, 6) is 0.608. The van der Waals surface area contributed by atoms with Crippen molar-refractivity contribution in [3.63, 3.8) is 0 Å². The van der Waals surface area contributed by atoms with E-state index in [0.29, 0.717) is 10.9 Å². The zero-order valence-corrected chi connectivity index (χ0v) is 23.8. The van der Waals surface area contributed by atoms with Crippen LogP contribution in [0, 0.1) is 0 Å². The Hall–Kier alpha value is -3.38. The Kier molecular flexibility index (Phi) is 9.15. The van der Waals surface area contributed by atoms with E-state index in [4.69, 9.17) is 11.6 Å². The quantitative estimate of drug-likeness (QED) is 0.206. The highest BCUT2D eigenvalue weighted by molar-refractivity contribution is 8.01. The maximum Gasteiger partial charge on any atom is 0.144 e. The summed E-state index contributed by atoms with van der Waals surface area (Å²) in [7, 11) is -1.91. The summed E-state index contributed by atoms with van der Waals surface area (Å²) in [6.45, 7) is 0. The summed E-state index contributed by atoms with van der Waals surface area (Å²) in [5.41, 5.74) is 0.928. The molecule has 0 heterocycles. The van der Waals surface area contributed by atoms with Crippen molar-refractivity contribution < 1.29 is 5.11 Å². The standard InChI is InChI=1S/C24H20P.C12H15ClO/c1-5-13-21(14-6-1)25(22-15-7-2-8-16-22,23-17-9-3-10-18-23)24-19-11-4-12-20-24;13-10-6-7-12(14)11(8-10)9-4-2-1-3-5-9/h1-20H;6-9,14H,1-5H2/q+1;/p-1. The van der Waals surface area contributed by atoms with Gasteiger partial charge in [0.15, 0.2) is 0 Å². The molecule has 39 heavy (non-hydrogen) atoms. The van der Waals surface area contributed by atoms with Crippen molar-refractivity contribution in [1.82, 2.24) is 0 Å². The van der Waals surface area contributed by atoms with Crippen molar-refractivity contribution >= 4 is 40.1 Å². The Morgan fingerprint density at radius 3 is 1.28 bits per heavy atom. The minimum Gasteiger partial charge on any atom is -0.872 e. The lowest BCUT2D eigenvalue weighted by atomic mass is 9.84. The third kappa shape index (κ3) is 6.11. The molecular weight excluding hydrogens is 515 g/mol. The molecule has 5 aromatic carbocycles. The van der Waals surface area contributed by atoms with Crippen molar-refractivity contribution in [2.24, 2.45) is 0 Å². The van der Waals surface area contributed by atoms with Gasteiger partial charge in [0, 0.05) is 5.02 Å². The minimum absolute atomic E-state index is 0.154. The van der Waals surface area contributed by atoms with Crippen LogP contribution in [-0.4, -0.2) is 0 Å². The summed E-state index contributed by atoms with van der Waals surface area (Å²) in [6, 6.07) is 48.9. The molecule has 0 aromatic heterocycles. The number of halogens is 1. The van der Waals surface area contributed by atoms with Gasteiger partial charge in [0.2, 0.25) is 0 Å². The summed E-state index contributed by atoms with van der Waals surface area (Å²) in [6.07, 6.45) is 6.10. The molecule has 0 saturated heterocycles. The molecule has 1 fully saturated rings. The van der Waals surface area contributed by atoms with Gasteiger partial charge >= 0.3 is 0 Å². The lowest BCUT2D eigenvalue weighted by Gasteiger charge is -2.27. The highest BCUT2D eigenvalue weighted by Gasteiger charge is 2.47. The van der Waals surface area contributed by atoms with Crippen LogP contribution in [0.25, 0.3) is 0 Å². The molecule has 3 heteroatoms. The first-order valence-corrected chi connectivity index (χ1v) is 15.9. The van der Waals surface area contributed by atoms with Crippen molar-refractivity contribution in [1.29, 1.82) is 0 Å². The molecule has 1 saturated carbocycles. The molecule has 0 atom stereocenters. The Morgan fingerprint density at radius 1 is 0.513 bits per heavy atom. The topological polar surface area (TPSA) is 23.1 Å². The monoisotopic (exact) mass is 548 g/mol. The Bertz CT molecular complexity index is 1270. The third-order valence-corrected chi connectivity index (χ3v) is 12.1. The van der Waals surface area contributed by atoms with E-state index in [9.17, 15) is 5.11 Å². The van der Waals surface area contributed by atoms with Crippen LogP contribution in [0.15, 0.2) is 140 Å². The predicted octanol–water partition coefficient (Wildman–Crippen LogP) is 7.77. The van der Waals surface area contributed by atoms with Gasteiger partial charge in [0.1, 0.15) is 28.5 Å². The van der Waals surface area contributed by atoms with Gasteiger partial charge in [-0.05, 0) is 79.4 Å². The van der Waals surface area contributed by atoms with Crippen LogP contribution >= 0.6 is 18.9 Å². The van der Waals surface area contributed by atoms with Crippen LogP contribution in [0.3, 0.4) is 0 Å². The molecule has 1 nitrogen and oxygen atoms in total. The van der Waals surface area contributed by atoms with Gasteiger partial charge in [-0.15, -0.1) is 5.75 Å². The molecule has 0 spiro atoms. The SMILES string of the molecule is [O-]c1ccc(Cl)cc1C1CCCCC1.c1ccc([P+](c2ccccc2)(c2ccccc2)c2ccccc2)cc1. The smallest absolute Gasteiger partial charge is 0.144 e. The van der Waals surface area contributed by atoms with E-state index >= 15 is 0 Å². The molecule has 5 aromatic rings. The average Bonchev–Trinajstić information content (AvgIpc) is 3.02. The van der Waals surface area contributed by atoms with Crippen LogP contribution in [0.4, 0.5) is 0 Å². The zero-order valence-electron chi connectivity index (χ0n) is 22.1. The van der Waals surface area contributed by atoms with Crippen molar-refractivity contribution in [2.75, 3.05) is 0 Å². The maximum absolute atomic E-state index is 11.6. The summed E-state index contributed by atoms with van der Waals surface area (Å²) >= 11 is 5.90. The molecule has 1 aliphatic carbocycles. The van der Waals surface area contributed by atoms with Gasteiger partial charge in [-0.25, -0.2) is 0 Å². The van der Waals surface area contributed by atoms with Crippen LogP contribution < -0.4 is 26.3 Å². The van der Waals surface area contributed by atoms with Gasteiger partial charge in [-0.2, -0.15) is 0 Å². The van der Waals surface area contributed by atoms with E-state index in [1.807, 2.05) is 6.07 Å². The van der Waals surface area contributed by atoms with E-state index in [2.05, 4.69) is 121 Å². The Balaban J connectivity index is 0.000000186. The minimum atomic E-state index is -1.91. The lowest BCUT2D eigenvalue weighted by Crippen LogP contribution is -2.38. The highest BCUT2D eigenvalue weighted by atomic mass is 35.5. The summed E-state index contributed by atoms with van der Waals surface area (Å²) in [5, 5.41) is 17.8. The van der Waals surface area contributed by atoms with Crippen LogP contribution in [0.5, 0.6) is 5.75 Å². The van der Waals surface area contributed by atoms with E-state index in [1.165, 1.54) is 40.5 Å². The molecule has 0 N–H and O–H groups in total. The van der Waals surface area contributed by atoms with Gasteiger partial charge in [-0.1, -0.05) is 115 Å². The van der Waals surface area contributed by atoms with Crippen LogP contribution in [0.2, 0.25) is 5.02 Å². The first kappa shape index (κ1) is 27.2. The second kappa shape index (κ2) is 13.1. The second-order valence-corrected chi connectivity index (χ2v) is 13.9. The Labute approximate surface area is 238 Å². The number of rotatable bonds is 5. The second-order valence-electron chi connectivity index (χ2n) is 10.0. The third-order valence-electron chi connectivity index (χ3n) is 7.59. The van der Waals surface area contributed by atoms with E-state index in [-0.39, 0.29) is 5.75 Å². The molecule has 6 rings (SSSR count). The largest absolute Gasteiger partial charge is 0.872 e. The number of hydrogen-bond donors (Lipinski definition) is 0. The summed E-state index contributed by atoms with van der Waals surface area (Å²) < 4.78 is 0. The van der Waals surface area contributed by atoms with Gasteiger partial charge < -0.3 is 5.11 Å². The Morgan fingerprint density at radius 2 is 0.897 bits per heavy atom. The molecule has 0 bridgehead atoms. The first-order valence-electron chi connectivity index (χ1n) is 13.8.